The van der Waals surface area contributed by atoms with Gasteiger partial charge in [0.15, 0.2) is 6.29 Å². The number of ether oxygens (including phenoxy) is 2. The summed E-state index contributed by atoms with van der Waals surface area (Å²) in [7, 11) is 0. The van der Waals surface area contributed by atoms with E-state index in [2.05, 4.69) is 54.5 Å². The smallest absolute Gasteiger partial charge is 0.162 e. The molecule has 0 aromatic heterocycles. The van der Waals surface area contributed by atoms with Crippen molar-refractivity contribution in [1.29, 1.82) is 0 Å². The van der Waals surface area contributed by atoms with Crippen molar-refractivity contribution in [2.24, 2.45) is 50.2 Å². The molecular formula is C32H52O4. The molecule has 7 rings (SSSR count). The second-order valence-corrected chi connectivity index (χ2v) is 15.6. The summed E-state index contributed by atoms with van der Waals surface area (Å²) in [5.74, 6) is 1.53. The van der Waals surface area contributed by atoms with E-state index in [1.54, 1.807) is 5.57 Å². The predicted molar refractivity (Wildman–Crippen MR) is 142 cm³/mol. The van der Waals surface area contributed by atoms with Gasteiger partial charge >= 0.3 is 0 Å². The highest BCUT2D eigenvalue weighted by molar-refractivity contribution is 5.35. The minimum absolute atomic E-state index is 0.00138. The lowest BCUT2D eigenvalue weighted by Crippen LogP contribution is -2.66. The van der Waals surface area contributed by atoms with Crippen LogP contribution in [-0.4, -0.2) is 41.9 Å². The van der Waals surface area contributed by atoms with Crippen molar-refractivity contribution in [1.82, 2.24) is 0 Å². The maximum absolute atomic E-state index is 12.0. The first kappa shape index (κ1) is 25.8. The third kappa shape index (κ3) is 2.97. The summed E-state index contributed by atoms with van der Waals surface area (Å²) in [6, 6.07) is 0. The van der Waals surface area contributed by atoms with E-state index in [9.17, 15) is 10.2 Å². The fourth-order valence-corrected chi connectivity index (χ4v) is 11.6. The summed E-state index contributed by atoms with van der Waals surface area (Å²) < 4.78 is 12.7. The third-order valence-corrected chi connectivity index (χ3v) is 14.1. The Hall–Kier alpha value is -0.420. The normalized spacial score (nSPS) is 57.5. The molecule has 2 heterocycles. The van der Waals surface area contributed by atoms with E-state index in [-0.39, 0.29) is 51.0 Å². The molecule has 2 aliphatic heterocycles. The largest absolute Gasteiger partial charge is 0.393 e. The number of hydrogen-bond acceptors (Lipinski definition) is 4. The van der Waals surface area contributed by atoms with Crippen LogP contribution in [0, 0.1) is 50.2 Å². The molecule has 2 bridgehead atoms. The Morgan fingerprint density at radius 3 is 2.39 bits per heavy atom. The summed E-state index contributed by atoms with van der Waals surface area (Å²) >= 11 is 0. The van der Waals surface area contributed by atoms with Crippen LogP contribution in [0.25, 0.3) is 0 Å². The quantitative estimate of drug-likeness (QED) is 0.425. The maximum atomic E-state index is 12.0. The lowest BCUT2D eigenvalue weighted by atomic mass is 9.33. The van der Waals surface area contributed by atoms with Gasteiger partial charge in [-0.05, 0) is 104 Å². The summed E-state index contributed by atoms with van der Waals surface area (Å²) in [4.78, 5) is 0. The molecule has 7 aliphatic rings. The van der Waals surface area contributed by atoms with Gasteiger partial charge in [-0.3, -0.25) is 0 Å². The molecule has 4 heteroatoms. The summed E-state index contributed by atoms with van der Waals surface area (Å²) in [5.41, 5.74) is 1.85. The molecule has 4 saturated carbocycles. The highest BCUT2D eigenvalue weighted by Crippen LogP contribution is 2.76. The molecule has 0 unspecified atom stereocenters. The van der Waals surface area contributed by atoms with Gasteiger partial charge in [0.1, 0.15) is 0 Å². The third-order valence-electron chi connectivity index (χ3n) is 14.1. The van der Waals surface area contributed by atoms with Crippen molar-refractivity contribution in [2.75, 3.05) is 13.2 Å². The summed E-state index contributed by atoms with van der Waals surface area (Å²) in [6.45, 7) is 18.0. The lowest BCUT2D eigenvalue weighted by Gasteiger charge is -2.71. The molecule has 6 fully saturated rings. The van der Waals surface area contributed by atoms with E-state index in [1.807, 2.05) is 0 Å². The summed E-state index contributed by atoms with van der Waals surface area (Å²) in [6.07, 6.45) is 11.6. The van der Waals surface area contributed by atoms with Crippen molar-refractivity contribution in [3.05, 3.63) is 11.6 Å². The second-order valence-electron chi connectivity index (χ2n) is 15.6. The van der Waals surface area contributed by atoms with Crippen molar-refractivity contribution in [3.63, 3.8) is 0 Å². The van der Waals surface area contributed by atoms with Gasteiger partial charge in [-0.2, -0.15) is 0 Å². The van der Waals surface area contributed by atoms with Crippen LogP contribution in [0.2, 0.25) is 0 Å². The van der Waals surface area contributed by atoms with Crippen molar-refractivity contribution in [3.8, 4) is 0 Å². The Morgan fingerprint density at radius 2 is 1.67 bits per heavy atom. The molecule has 2 saturated heterocycles. The topological polar surface area (TPSA) is 58.9 Å². The van der Waals surface area contributed by atoms with Gasteiger partial charge in [-0.25, -0.2) is 0 Å². The van der Waals surface area contributed by atoms with E-state index in [4.69, 9.17) is 9.47 Å². The van der Waals surface area contributed by atoms with E-state index in [0.717, 1.165) is 44.9 Å². The Balaban J connectivity index is 1.43. The van der Waals surface area contributed by atoms with Gasteiger partial charge in [0, 0.05) is 17.4 Å². The zero-order chi connectivity index (χ0) is 25.9. The highest BCUT2D eigenvalue weighted by Gasteiger charge is 2.71. The monoisotopic (exact) mass is 500 g/mol. The van der Waals surface area contributed by atoms with Gasteiger partial charge in [0.05, 0.1) is 18.8 Å². The van der Waals surface area contributed by atoms with Crippen LogP contribution in [0.1, 0.15) is 106 Å². The van der Waals surface area contributed by atoms with Crippen LogP contribution in [0.3, 0.4) is 0 Å². The average molecular weight is 501 g/mol. The molecule has 2 N–H and O–H groups in total. The Kier molecular flexibility index (Phi) is 5.62. The Morgan fingerprint density at radius 1 is 0.917 bits per heavy atom. The van der Waals surface area contributed by atoms with Crippen LogP contribution in [0.15, 0.2) is 11.6 Å². The van der Waals surface area contributed by atoms with Crippen LogP contribution >= 0.6 is 0 Å². The fraction of sp³-hybridized carbons (Fsp3) is 0.938. The molecule has 0 amide bonds. The number of aliphatic hydroxyl groups excluding tert-OH is 2. The number of aliphatic hydroxyl groups is 2. The van der Waals surface area contributed by atoms with E-state index in [0.29, 0.717) is 31.0 Å². The molecule has 5 aliphatic carbocycles. The van der Waals surface area contributed by atoms with Crippen molar-refractivity contribution < 1.29 is 19.7 Å². The number of hydrogen-bond donors (Lipinski definition) is 2. The molecule has 36 heavy (non-hydrogen) atoms. The average Bonchev–Trinajstić information content (AvgIpc) is 3.02. The standard InChI is InChI=1S/C32H52O4/c1-8-35-26-28(4)15-16-32(19-36-26)21(17-28)20-9-10-23-29(5)13-12-24(33)27(2,3)22(29)11-14-30(23,6)31(20,7)18-25(32)34/h9,21-26,33-34H,8,10-19H2,1-7H3/t21-,22-,23+,24-,25+,26-,28-,29-,30+,31+,32+/m0/s1. The van der Waals surface area contributed by atoms with Gasteiger partial charge < -0.3 is 19.7 Å². The predicted octanol–water partition coefficient (Wildman–Crippen LogP) is 6.49. The van der Waals surface area contributed by atoms with Gasteiger partial charge in [0.25, 0.3) is 0 Å². The van der Waals surface area contributed by atoms with Gasteiger partial charge in [-0.15, -0.1) is 0 Å². The Bertz CT molecular complexity index is 942. The lowest BCUT2D eigenvalue weighted by molar-refractivity contribution is -0.216. The zero-order valence-electron chi connectivity index (χ0n) is 24.0. The van der Waals surface area contributed by atoms with E-state index < -0.39 is 0 Å². The maximum Gasteiger partial charge on any atom is 0.162 e. The minimum Gasteiger partial charge on any atom is -0.393 e. The molecule has 0 radical (unpaired) electrons. The van der Waals surface area contributed by atoms with Crippen LogP contribution in [-0.2, 0) is 9.47 Å². The number of fused-ring (bicyclic) bond motifs is 8. The molecule has 11 atom stereocenters. The van der Waals surface area contributed by atoms with Crippen LogP contribution in [0.5, 0.6) is 0 Å². The van der Waals surface area contributed by atoms with Gasteiger partial charge in [0.2, 0.25) is 0 Å². The molecule has 1 spiro atoms. The molecule has 0 aromatic rings. The Labute approximate surface area is 219 Å². The minimum atomic E-state index is -0.333. The number of rotatable bonds is 2. The van der Waals surface area contributed by atoms with Crippen LogP contribution in [0.4, 0.5) is 0 Å². The van der Waals surface area contributed by atoms with E-state index >= 15 is 0 Å². The van der Waals surface area contributed by atoms with Crippen molar-refractivity contribution in [2.45, 2.75) is 125 Å². The first-order valence-electron chi connectivity index (χ1n) is 15.1. The fourth-order valence-electron chi connectivity index (χ4n) is 11.6. The molecular weight excluding hydrogens is 448 g/mol. The highest BCUT2D eigenvalue weighted by atomic mass is 16.7. The van der Waals surface area contributed by atoms with Crippen LogP contribution < -0.4 is 0 Å². The first-order valence-corrected chi connectivity index (χ1v) is 15.1. The van der Waals surface area contributed by atoms with E-state index in [1.165, 1.54) is 12.8 Å². The second kappa shape index (κ2) is 7.83. The molecule has 204 valence electrons. The zero-order valence-corrected chi connectivity index (χ0v) is 24.0. The first-order chi connectivity index (χ1) is 16.8. The molecule has 4 nitrogen and oxygen atoms in total. The summed E-state index contributed by atoms with van der Waals surface area (Å²) in [5, 5.41) is 23.0. The van der Waals surface area contributed by atoms with Gasteiger partial charge in [-0.1, -0.05) is 53.2 Å². The molecule has 0 aromatic carbocycles. The number of allylic oxidation sites excluding steroid dienone is 2. The SMILES string of the molecule is CCO[C@H]1OC[C@]23CC[C@@]1(C)C[C@H]2C1=CC[C@@H]2[C@@]4(C)CC[C@H](O)C(C)(C)[C@@H]4CC[C@@]2(C)[C@]1(C)C[C@H]3O. The van der Waals surface area contributed by atoms with Crippen molar-refractivity contribution >= 4 is 0 Å².